The van der Waals surface area contributed by atoms with E-state index in [9.17, 15) is 9.59 Å². The normalized spacial score (nSPS) is 16.0. The standard InChI is InChI=1S/C15H25NO5/c1-3-13(2)12-21-11-10-20-9-8-19-7-6-16-14(17)4-5-15(16)18/h4-5,13H,3,6-12H2,1-2H3. The third kappa shape index (κ3) is 7.36. The lowest BCUT2D eigenvalue weighted by molar-refractivity contribution is -0.137. The molecule has 0 saturated heterocycles. The number of imide groups is 1. The summed E-state index contributed by atoms with van der Waals surface area (Å²) in [6.45, 7) is 7.72. The minimum absolute atomic E-state index is 0.279. The van der Waals surface area contributed by atoms with Crippen LogP contribution in [0, 0.1) is 5.92 Å². The summed E-state index contributed by atoms with van der Waals surface area (Å²) in [5, 5.41) is 0. The van der Waals surface area contributed by atoms with Crippen molar-refractivity contribution in [2.45, 2.75) is 20.3 Å². The Morgan fingerprint density at radius 3 is 2.05 bits per heavy atom. The first-order chi connectivity index (χ1) is 10.1. The molecule has 0 aromatic carbocycles. The van der Waals surface area contributed by atoms with Crippen molar-refractivity contribution in [3.63, 3.8) is 0 Å². The van der Waals surface area contributed by atoms with Crippen LogP contribution in [0.5, 0.6) is 0 Å². The summed E-state index contributed by atoms with van der Waals surface area (Å²) in [5.74, 6) is 0.0236. The van der Waals surface area contributed by atoms with Crippen LogP contribution >= 0.6 is 0 Å². The molecule has 1 atom stereocenters. The van der Waals surface area contributed by atoms with E-state index in [0.717, 1.165) is 17.9 Å². The van der Waals surface area contributed by atoms with Gasteiger partial charge in [-0.15, -0.1) is 0 Å². The molecule has 0 aromatic heterocycles. The average Bonchev–Trinajstić information content (AvgIpc) is 2.80. The zero-order valence-corrected chi connectivity index (χ0v) is 12.9. The lowest BCUT2D eigenvalue weighted by Gasteiger charge is -2.13. The molecule has 21 heavy (non-hydrogen) atoms. The molecule has 0 aliphatic carbocycles. The molecular formula is C15H25NO5. The molecule has 1 rings (SSSR count). The molecule has 0 radical (unpaired) electrons. The van der Waals surface area contributed by atoms with Gasteiger partial charge in [0.15, 0.2) is 0 Å². The topological polar surface area (TPSA) is 65.1 Å². The van der Waals surface area contributed by atoms with Crippen LogP contribution in [0.4, 0.5) is 0 Å². The third-order valence-electron chi connectivity index (χ3n) is 3.20. The first-order valence-electron chi connectivity index (χ1n) is 7.42. The number of hydrogen-bond donors (Lipinski definition) is 0. The van der Waals surface area contributed by atoms with Gasteiger partial charge in [0.05, 0.1) is 39.6 Å². The maximum Gasteiger partial charge on any atom is 0.253 e. The average molecular weight is 299 g/mol. The van der Waals surface area contributed by atoms with Crippen LogP contribution in [0.25, 0.3) is 0 Å². The molecule has 6 heteroatoms. The lowest BCUT2D eigenvalue weighted by Crippen LogP contribution is -2.33. The third-order valence-corrected chi connectivity index (χ3v) is 3.20. The number of ether oxygens (including phenoxy) is 3. The van der Waals surface area contributed by atoms with E-state index in [1.807, 2.05) is 0 Å². The summed E-state index contributed by atoms with van der Waals surface area (Å²) in [4.78, 5) is 23.6. The Hall–Kier alpha value is -1.24. The predicted molar refractivity (Wildman–Crippen MR) is 77.8 cm³/mol. The summed E-state index contributed by atoms with van der Waals surface area (Å²) >= 11 is 0. The molecule has 0 fully saturated rings. The van der Waals surface area contributed by atoms with Gasteiger partial charge in [0, 0.05) is 18.8 Å². The number of rotatable bonds is 12. The number of amides is 2. The van der Waals surface area contributed by atoms with Crippen molar-refractivity contribution in [3.05, 3.63) is 12.2 Å². The number of hydrogen-bond acceptors (Lipinski definition) is 5. The van der Waals surface area contributed by atoms with Crippen molar-refractivity contribution in [3.8, 4) is 0 Å². The molecule has 0 spiro atoms. The maximum absolute atomic E-state index is 11.2. The fourth-order valence-electron chi connectivity index (χ4n) is 1.65. The molecular weight excluding hydrogens is 274 g/mol. The van der Waals surface area contributed by atoms with Crippen molar-refractivity contribution >= 4 is 11.8 Å². The maximum atomic E-state index is 11.2. The first-order valence-corrected chi connectivity index (χ1v) is 7.42. The van der Waals surface area contributed by atoms with Crippen LogP contribution in [0.1, 0.15) is 20.3 Å². The Morgan fingerprint density at radius 1 is 0.952 bits per heavy atom. The molecule has 1 unspecified atom stereocenters. The van der Waals surface area contributed by atoms with Crippen molar-refractivity contribution in [1.82, 2.24) is 4.90 Å². The van der Waals surface area contributed by atoms with Gasteiger partial charge in [0.2, 0.25) is 0 Å². The SMILES string of the molecule is CCC(C)COCCOCCOCCN1C(=O)C=CC1=O. The highest BCUT2D eigenvalue weighted by molar-refractivity contribution is 6.12. The van der Waals surface area contributed by atoms with Crippen molar-refractivity contribution in [2.24, 2.45) is 5.92 Å². The predicted octanol–water partition coefficient (Wildman–Crippen LogP) is 1.01. The zero-order chi connectivity index (χ0) is 15.5. The fraction of sp³-hybridized carbons (Fsp3) is 0.733. The van der Waals surface area contributed by atoms with Crippen LogP contribution in [0.15, 0.2) is 12.2 Å². The number of carbonyl (C=O) groups excluding carboxylic acids is 2. The minimum atomic E-state index is -0.279. The van der Waals surface area contributed by atoms with E-state index in [2.05, 4.69) is 13.8 Å². The van der Waals surface area contributed by atoms with Gasteiger partial charge < -0.3 is 14.2 Å². The Kier molecular flexibility index (Phi) is 8.89. The van der Waals surface area contributed by atoms with Crippen LogP contribution in [-0.4, -0.2) is 62.9 Å². The van der Waals surface area contributed by atoms with Gasteiger partial charge in [-0.25, -0.2) is 0 Å². The highest BCUT2D eigenvalue weighted by Gasteiger charge is 2.22. The van der Waals surface area contributed by atoms with Crippen LogP contribution in [0.2, 0.25) is 0 Å². The van der Waals surface area contributed by atoms with Gasteiger partial charge in [0.1, 0.15) is 0 Å². The molecule has 0 aromatic rings. The Balaban J connectivity index is 1.85. The van der Waals surface area contributed by atoms with E-state index >= 15 is 0 Å². The van der Waals surface area contributed by atoms with Gasteiger partial charge >= 0.3 is 0 Å². The second-order valence-corrected chi connectivity index (χ2v) is 4.97. The number of nitrogens with zero attached hydrogens (tertiary/aromatic N) is 1. The van der Waals surface area contributed by atoms with Crippen molar-refractivity contribution in [1.29, 1.82) is 0 Å². The molecule has 0 N–H and O–H groups in total. The molecule has 1 aliphatic rings. The van der Waals surface area contributed by atoms with E-state index in [4.69, 9.17) is 14.2 Å². The van der Waals surface area contributed by atoms with Gasteiger partial charge in [-0.2, -0.15) is 0 Å². The van der Waals surface area contributed by atoms with E-state index in [0.29, 0.717) is 39.0 Å². The number of carbonyl (C=O) groups is 2. The molecule has 120 valence electrons. The van der Waals surface area contributed by atoms with E-state index in [-0.39, 0.29) is 18.4 Å². The molecule has 1 heterocycles. The molecule has 1 aliphatic heterocycles. The molecule has 6 nitrogen and oxygen atoms in total. The Labute approximate surface area is 126 Å². The smallest absolute Gasteiger partial charge is 0.253 e. The summed E-state index contributed by atoms with van der Waals surface area (Å²) < 4.78 is 16.1. The van der Waals surface area contributed by atoms with E-state index in [1.165, 1.54) is 12.2 Å². The second-order valence-electron chi connectivity index (χ2n) is 4.97. The highest BCUT2D eigenvalue weighted by atomic mass is 16.5. The summed E-state index contributed by atoms with van der Waals surface area (Å²) in [5.41, 5.74) is 0. The summed E-state index contributed by atoms with van der Waals surface area (Å²) in [6, 6.07) is 0. The van der Waals surface area contributed by atoms with Crippen LogP contribution < -0.4 is 0 Å². The fourth-order valence-corrected chi connectivity index (χ4v) is 1.65. The van der Waals surface area contributed by atoms with Crippen LogP contribution in [0.3, 0.4) is 0 Å². The summed E-state index contributed by atoms with van der Waals surface area (Å²) in [7, 11) is 0. The molecule has 2 amide bonds. The zero-order valence-electron chi connectivity index (χ0n) is 12.9. The van der Waals surface area contributed by atoms with Crippen molar-refractivity contribution < 1.29 is 23.8 Å². The largest absolute Gasteiger partial charge is 0.379 e. The quantitative estimate of drug-likeness (QED) is 0.397. The minimum Gasteiger partial charge on any atom is -0.379 e. The Bertz CT molecular complexity index is 338. The summed E-state index contributed by atoms with van der Waals surface area (Å²) in [6.07, 6.45) is 3.65. The van der Waals surface area contributed by atoms with Gasteiger partial charge in [-0.05, 0) is 5.92 Å². The van der Waals surface area contributed by atoms with E-state index < -0.39 is 0 Å². The highest BCUT2D eigenvalue weighted by Crippen LogP contribution is 2.02. The van der Waals surface area contributed by atoms with Gasteiger partial charge in [-0.3, -0.25) is 14.5 Å². The first kappa shape index (κ1) is 17.8. The Morgan fingerprint density at radius 2 is 1.48 bits per heavy atom. The van der Waals surface area contributed by atoms with Crippen molar-refractivity contribution in [2.75, 3.05) is 46.2 Å². The lowest BCUT2D eigenvalue weighted by atomic mass is 10.1. The van der Waals surface area contributed by atoms with Gasteiger partial charge in [-0.1, -0.05) is 20.3 Å². The van der Waals surface area contributed by atoms with E-state index in [1.54, 1.807) is 0 Å². The molecule has 0 saturated carbocycles. The second kappa shape index (κ2) is 10.5. The monoisotopic (exact) mass is 299 g/mol. The molecule has 0 bridgehead atoms. The van der Waals surface area contributed by atoms with Crippen LogP contribution in [-0.2, 0) is 23.8 Å². The van der Waals surface area contributed by atoms with Gasteiger partial charge in [0.25, 0.3) is 11.8 Å².